The molecule has 1 amide bonds. The number of hydrogen-bond donors (Lipinski definition) is 4. The molecule has 0 saturated carbocycles. The largest absolute Gasteiger partial charge is 0.397 e. The fourth-order valence-electron chi connectivity index (χ4n) is 3.23. The topological polar surface area (TPSA) is 106 Å². The van der Waals surface area contributed by atoms with Gasteiger partial charge in [0.2, 0.25) is 0 Å². The third-order valence-electron chi connectivity index (χ3n) is 4.81. The number of amides is 1. The summed E-state index contributed by atoms with van der Waals surface area (Å²) in [5.41, 5.74) is 8.84. The Hall–Kier alpha value is -2.25. The highest BCUT2D eigenvalue weighted by Gasteiger charge is 2.32. The van der Waals surface area contributed by atoms with Gasteiger partial charge in [-0.05, 0) is 38.0 Å². The van der Waals surface area contributed by atoms with Crippen molar-refractivity contribution in [2.45, 2.75) is 26.3 Å². The Bertz CT molecular complexity index is 892. The van der Waals surface area contributed by atoms with Gasteiger partial charge in [0, 0.05) is 30.4 Å². The lowest BCUT2D eigenvalue weighted by Crippen LogP contribution is -2.37. The highest BCUT2D eigenvalue weighted by atomic mass is 35.5. The highest BCUT2D eigenvalue weighted by Crippen LogP contribution is 2.37. The molecule has 2 aliphatic rings. The van der Waals surface area contributed by atoms with Crippen molar-refractivity contribution in [1.29, 1.82) is 10.8 Å². The van der Waals surface area contributed by atoms with Gasteiger partial charge >= 0.3 is 0 Å². The number of nitrogens with two attached hydrogens (primary N) is 1. The lowest BCUT2D eigenvalue weighted by molar-refractivity contribution is -0.117. The van der Waals surface area contributed by atoms with Crippen LogP contribution in [0.1, 0.15) is 20.3 Å². The molecule has 1 unspecified atom stereocenters. The Kier molecular flexibility index (Phi) is 5.62. The average molecular weight is 404 g/mol. The van der Waals surface area contributed by atoms with Crippen molar-refractivity contribution in [3.8, 4) is 0 Å². The van der Waals surface area contributed by atoms with E-state index >= 15 is 0 Å². The summed E-state index contributed by atoms with van der Waals surface area (Å²) in [5.74, 6) is -0.265. The van der Waals surface area contributed by atoms with E-state index in [9.17, 15) is 4.79 Å². The molecule has 6 nitrogen and oxygen atoms in total. The van der Waals surface area contributed by atoms with Crippen molar-refractivity contribution < 1.29 is 4.79 Å². The zero-order valence-corrected chi connectivity index (χ0v) is 16.8. The second kappa shape index (κ2) is 7.78. The van der Waals surface area contributed by atoms with Crippen LogP contribution in [0.5, 0.6) is 0 Å². The smallest absolute Gasteiger partial charge is 0.260 e. The van der Waals surface area contributed by atoms with Gasteiger partial charge < -0.3 is 21.4 Å². The van der Waals surface area contributed by atoms with Crippen LogP contribution in [0.4, 0.5) is 5.69 Å². The number of carbonyl (C=O) groups is 1. The molecule has 0 radical (unpaired) electrons. The molecule has 27 heavy (non-hydrogen) atoms. The van der Waals surface area contributed by atoms with Gasteiger partial charge in [-0.15, -0.1) is 0 Å². The average Bonchev–Trinajstić information content (AvgIpc) is 3.19. The molecule has 142 valence electrons. The molecule has 0 spiro atoms. The molecule has 1 aromatic carbocycles. The number of allylic oxidation sites excluding steroid dienone is 2. The minimum absolute atomic E-state index is 0.0116. The lowest BCUT2D eigenvalue weighted by atomic mass is 10.0. The second-order valence-corrected chi connectivity index (χ2v) is 8.08. The molecule has 8 heteroatoms. The molecular formula is C19H22ClN5OS. The minimum atomic E-state index is -0.265. The fraction of sp³-hybridized carbons (Fsp3) is 0.316. The molecule has 0 bridgehead atoms. The van der Waals surface area contributed by atoms with E-state index in [0.717, 1.165) is 30.4 Å². The van der Waals surface area contributed by atoms with Crippen LogP contribution in [-0.2, 0) is 4.79 Å². The first kappa shape index (κ1) is 19.5. The van der Waals surface area contributed by atoms with Crippen molar-refractivity contribution in [3.63, 3.8) is 0 Å². The Balaban J connectivity index is 1.72. The summed E-state index contributed by atoms with van der Waals surface area (Å²) in [4.78, 5) is 15.2. The van der Waals surface area contributed by atoms with E-state index in [-0.39, 0.29) is 22.7 Å². The summed E-state index contributed by atoms with van der Waals surface area (Å²) < 4.78 is 0. The van der Waals surface area contributed by atoms with Gasteiger partial charge in [-0.3, -0.25) is 10.2 Å². The SMILES string of the molecule is CC(=N)/C(C)=C1\C(=N)SC(C(=O)NC2CCN(c3ccccc3Cl)C2)=C1N. The zero-order valence-electron chi connectivity index (χ0n) is 15.2. The molecule has 2 heterocycles. The molecule has 3 rings (SSSR count). The van der Waals surface area contributed by atoms with Crippen LogP contribution in [0, 0.1) is 10.8 Å². The monoisotopic (exact) mass is 403 g/mol. The minimum Gasteiger partial charge on any atom is -0.397 e. The molecular weight excluding hydrogens is 382 g/mol. The Morgan fingerprint density at radius 2 is 2.07 bits per heavy atom. The van der Waals surface area contributed by atoms with Crippen LogP contribution in [0.3, 0.4) is 0 Å². The fourth-order valence-corrected chi connectivity index (χ4v) is 4.42. The number of halogens is 1. The van der Waals surface area contributed by atoms with E-state index in [1.165, 1.54) is 0 Å². The number of benzene rings is 1. The summed E-state index contributed by atoms with van der Waals surface area (Å²) >= 11 is 7.32. The Labute approximate surface area is 167 Å². The number of rotatable bonds is 4. The third-order valence-corrected chi connectivity index (χ3v) is 6.14. The van der Waals surface area contributed by atoms with Crippen LogP contribution in [0.25, 0.3) is 0 Å². The Morgan fingerprint density at radius 3 is 2.74 bits per heavy atom. The maximum Gasteiger partial charge on any atom is 0.260 e. The first-order valence-corrected chi connectivity index (χ1v) is 9.82. The van der Waals surface area contributed by atoms with Gasteiger partial charge in [0.15, 0.2) is 0 Å². The predicted octanol–water partition coefficient (Wildman–Crippen LogP) is 3.29. The molecule has 2 aliphatic heterocycles. The molecule has 0 aliphatic carbocycles. The first-order chi connectivity index (χ1) is 12.8. The summed E-state index contributed by atoms with van der Waals surface area (Å²) in [5, 5.41) is 19.8. The van der Waals surface area contributed by atoms with Crippen LogP contribution < -0.4 is 16.0 Å². The van der Waals surface area contributed by atoms with Crippen molar-refractivity contribution in [1.82, 2.24) is 5.32 Å². The maximum absolute atomic E-state index is 12.7. The van der Waals surface area contributed by atoms with E-state index in [1.54, 1.807) is 13.8 Å². The second-order valence-electron chi connectivity index (χ2n) is 6.66. The van der Waals surface area contributed by atoms with Crippen LogP contribution >= 0.6 is 23.4 Å². The zero-order chi connectivity index (χ0) is 19.7. The van der Waals surface area contributed by atoms with Crippen LogP contribution in [0.15, 0.2) is 46.0 Å². The number of nitrogens with one attached hydrogen (secondary N) is 3. The third kappa shape index (κ3) is 3.89. The van der Waals surface area contributed by atoms with Gasteiger partial charge in [0.05, 0.1) is 16.4 Å². The Morgan fingerprint density at radius 1 is 1.37 bits per heavy atom. The quantitative estimate of drug-likeness (QED) is 0.578. The number of carbonyl (C=O) groups excluding carboxylic acids is 1. The maximum atomic E-state index is 12.7. The van der Waals surface area contributed by atoms with E-state index in [0.29, 0.717) is 33.3 Å². The standard InChI is InChI=1S/C19H22ClN5OS/c1-10(11(2)21)15-16(22)17(27-18(15)23)19(26)24-12-7-8-25(9-12)14-6-4-3-5-13(14)20/h3-6,12,21,23H,7-9,22H2,1-2H3,(H,24,26)/b15-10-,21-11?,23-18?. The van der Waals surface area contributed by atoms with Crippen molar-refractivity contribution in [2.24, 2.45) is 5.73 Å². The summed E-state index contributed by atoms with van der Waals surface area (Å²) in [6, 6.07) is 7.66. The molecule has 1 atom stereocenters. The molecule has 0 aromatic heterocycles. The van der Waals surface area contributed by atoms with Gasteiger partial charge in [0.25, 0.3) is 5.91 Å². The number of para-hydroxylation sites is 1. The number of hydrogen-bond acceptors (Lipinski definition) is 6. The molecule has 1 fully saturated rings. The first-order valence-electron chi connectivity index (χ1n) is 8.63. The van der Waals surface area contributed by atoms with Crippen molar-refractivity contribution >= 4 is 45.7 Å². The number of nitrogens with zero attached hydrogens (tertiary/aromatic N) is 1. The van der Waals surface area contributed by atoms with Gasteiger partial charge in [-0.1, -0.05) is 35.5 Å². The number of anilines is 1. The van der Waals surface area contributed by atoms with Gasteiger partial charge in [-0.25, -0.2) is 0 Å². The van der Waals surface area contributed by atoms with Gasteiger partial charge in [-0.2, -0.15) is 0 Å². The molecule has 1 saturated heterocycles. The normalized spacial score (nSPS) is 21.7. The van der Waals surface area contributed by atoms with Crippen LogP contribution in [-0.4, -0.2) is 35.8 Å². The number of thioether (sulfide) groups is 1. The predicted molar refractivity (Wildman–Crippen MR) is 113 cm³/mol. The van der Waals surface area contributed by atoms with Gasteiger partial charge in [0.1, 0.15) is 9.95 Å². The van der Waals surface area contributed by atoms with Crippen molar-refractivity contribution in [2.75, 3.05) is 18.0 Å². The van der Waals surface area contributed by atoms with E-state index in [4.69, 9.17) is 28.2 Å². The molecule has 5 N–H and O–H groups in total. The highest BCUT2D eigenvalue weighted by molar-refractivity contribution is 8.18. The summed E-state index contributed by atoms with van der Waals surface area (Å²) in [7, 11) is 0. The lowest BCUT2D eigenvalue weighted by Gasteiger charge is -2.20. The summed E-state index contributed by atoms with van der Waals surface area (Å²) in [6.45, 7) is 4.88. The van der Waals surface area contributed by atoms with E-state index in [2.05, 4.69) is 10.2 Å². The van der Waals surface area contributed by atoms with Crippen LogP contribution in [0.2, 0.25) is 5.02 Å². The van der Waals surface area contributed by atoms with Crippen molar-refractivity contribution in [3.05, 3.63) is 51.0 Å². The molecule has 1 aromatic rings. The summed E-state index contributed by atoms with van der Waals surface area (Å²) in [6.07, 6.45) is 0.813. The van der Waals surface area contributed by atoms with E-state index in [1.807, 2.05) is 24.3 Å². The van der Waals surface area contributed by atoms with E-state index < -0.39 is 0 Å².